The number of halogens is 2. The van der Waals surface area contributed by atoms with Gasteiger partial charge in [0.1, 0.15) is 5.82 Å². The van der Waals surface area contributed by atoms with E-state index in [0.717, 1.165) is 36.7 Å². The van der Waals surface area contributed by atoms with Crippen molar-refractivity contribution >= 4 is 17.5 Å². The number of hydrogen-bond donors (Lipinski definition) is 1. The van der Waals surface area contributed by atoms with Crippen molar-refractivity contribution in [1.82, 2.24) is 9.55 Å². The van der Waals surface area contributed by atoms with Crippen LogP contribution >= 0.6 is 11.6 Å². The molecule has 1 heterocycles. The van der Waals surface area contributed by atoms with Crippen LogP contribution in [0.5, 0.6) is 0 Å². The number of aryl methyl sites for hydroxylation is 1. The summed E-state index contributed by atoms with van der Waals surface area (Å²) in [5, 5.41) is 3.65. The van der Waals surface area contributed by atoms with E-state index in [1.807, 2.05) is 17.7 Å². The number of unbranched alkanes of at least 4 members (excludes halogenated alkanes) is 1. The molecular weight excluding hydrogens is 265 g/mol. The van der Waals surface area contributed by atoms with Crippen LogP contribution in [0.1, 0.15) is 25.5 Å². The fraction of sp³-hybridized carbons (Fsp3) is 0.357. The van der Waals surface area contributed by atoms with Crippen LogP contribution in [0.25, 0.3) is 5.69 Å². The number of benzene rings is 1. The highest BCUT2D eigenvalue weighted by molar-refractivity contribution is 6.32. The minimum atomic E-state index is -0.342. The summed E-state index contributed by atoms with van der Waals surface area (Å²) in [6.07, 6.45) is 4.07. The summed E-state index contributed by atoms with van der Waals surface area (Å²) in [6, 6.07) is 4.36. The van der Waals surface area contributed by atoms with Crippen molar-refractivity contribution in [2.45, 2.75) is 26.7 Å². The summed E-state index contributed by atoms with van der Waals surface area (Å²) in [5.74, 6) is 0.394. The van der Waals surface area contributed by atoms with Gasteiger partial charge in [-0.3, -0.25) is 4.57 Å². The molecule has 1 aromatic carbocycles. The highest BCUT2D eigenvalue weighted by Gasteiger charge is 2.10. The molecule has 1 aromatic heterocycles. The first-order chi connectivity index (χ1) is 9.11. The van der Waals surface area contributed by atoms with E-state index in [9.17, 15) is 4.39 Å². The van der Waals surface area contributed by atoms with Crippen molar-refractivity contribution in [3.63, 3.8) is 0 Å². The number of nitrogens with one attached hydrogen (secondary N) is 1. The van der Waals surface area contributed by atoms with Crippen molar-refractivity contribution in [3.8, 4) is 5.69 Å². The first kappa shape index (κ1) is 13.9. The molecule has 0 aliphatic heterocycles. The molecular formula is C14H17ClFN3. The van der Waals surface area contributed by atoms with Gasteiger partial charge in [-0.1, -0.05) is 24.9 Å². The van der Waals surface area contributed by atoms with Crippen LogP contribution in [0, 0.1) is 12.7 Å². The second kappa shape index (κ2) is 6.06. The summed E-state index contributed by atoms with van der Waals surface area (Å²) in [7, 11) is 0. The number of rotatable bonds is 5. The van der Waals surface area contributed by atoms with Crippen LogP contribution in [0.3, 0.4) is 0 Å². The van der Waals surface area contributed by atoms with Crippen molar-refractivity contribution in [2.24, 2.45) is 0 Å². The molecule has 0 unspecified atom stereocenters. The van der Waals surface area contributed by atoms with Gasteiger partial charge in [-0.05, 0) is 31.5 Å². The lowest BCUT2D eigenvalue weighted by molar-refractivity contribution is 0.627. The summed E-state index contributed by atoms with van der Waals surface area (Å²) >= 11 is 6.09. The van der Waals surface area contributed by atoms with Crippen molar-refractivity contribution in [3.05, 3.63) is 40.9 Å². The van der Waals surface area contributed by atoms with Gasteiger partial charge in [0.2, 0.25) is 5.95 Å². The molecule has 0 saturated carbocycles. The molecule has 5 heteroatoms. The topological polar surface area (TPSA) is 29.9 Å². The van der Waals surface area contributed by atoms with Gasteiger partial charge in [0.15, 0.2) is 0 Å². The van der Waals surface area contributed by atoms with Gasteiger partial charge in [0.25, 0.3) is 0 Å². The molecule has 0 saturated heterocycles. The number of nitrogens with zero attached hydrogens (tertiary/aromatic N) is 2. The Kier molecular flexibility index (Phi) is 4.43. The zero-order chi connectivity index (χ0) is 13.8. The Balaban J connectivity index is 2.32. The quantitative estimate of drug-likeness (QED) is 0.833. The molecule has 0 atom stereocenters. The first-order valence-electron chi connectivity index (χ1n) is 6.37. The summed E-state index contributed by atoms with van der Waals surface area (Å²) in [6.45, 7) is 4.90. The predicted molar refractivity (Wildman–Crippen MR) is 76.7 cm³/mol. The van der Waals surface area contributed by atoms with Crippen molar-refractivity contribution < 1.29 is 4.39 Å². The second-order valence-electron chi connectivity index (χ2n) is 4.45. The Morgan fingerprint density at radius 1 is 1.42 bits per heavy atom. The summed E-state index contributed by atoms with van der Waals surface area (Å²) in [5.41, 5.74) is 1.61. The van der Waals surface area contributed by atoms with Crippen molar-refractivity contribution in [1.29, 1.82) is 0 Å². The second-order valence-corrected chi connectivity index (χ2v) is 4.86. The largest absolute Gasteiger partial charge is 0.355 e. The van der Waals surface area contributed by atoms with Crippen LogP contribution in [0.15, 0.2) is 24.4 Å². The third-order valence-electron chi connectivity index (χ3n) is 2.81. The molecule has 2 rings (SSSR count). The van der Waals surface area contributed by atoms with Crippen LogP contribution in [-0.4, -0.2) is 16.1 Å². The Hall–Kier alpha value is -1.55. The molecule has 0 spiro atoms. The molecule has 1 N–H and O–H groups in total. The summed E-state index contributed by atoms with van der Waals surface area (Å²) < 4.78 is 14.9. The number of anilines is 1. The minimum Gasteiger partial charge on any atom is -0.355 e. The standard InChI is InChI=1S/C14H17ClFN3/c1-3-4-7-17-14-18-10(2)9-19(14)13-6-5-11(16)8-12(13)15/h5-6,8-9H,3-4,7H2,1-2H3,(H,17,18). The van der Waals surface area contributed by atoms with E-state index in [0.29, 0.717) is 5.02 Å². The highest BCUT2D eigenvalue weighted by atomic mass is 35.5. The fourth-order valence-electron chi connectivity index (χ4n) is 1.86. The van der Waals surface area contributed by atoms with Gasteiger partial charge in [0.05, 0.1) is 16.4 Å². The van der Waals surface area contributed by atoms with Crippen LogP contribution in [0.2, 0.25) is 5.02 Å². The average molecular weight is 282 g/mol. The molecule has 0 bridgehead atoms. The van der Waals surface area contributed by atoms with Crippen LogP contribution < -0.4 is 5.32 Å². The van der Waals surface area contributed by atoms with Gasteiger partial charge >= 0.3 is 0 Å². The number of aromatic nitrogens is 2. The maximum atomic E-state index is 13.1. The molecule has 19 heavy (non-hydrogen) atoms. The maximum absolute atomic E-state index is 13.1. The lowest BCUT2D eigenvalue weighted by Gasteiger charge is -2.10. The Morgan fingerprint density at radius 2 is 2.21 bits per heavy atom. The van der Waals surface area contributed by atoms with Gasteiger partial charge in [-0.15, -0.1) is 0 Å². The van der Waals surface area contributed by atoms with E-state index in [4.69, 9.17) is 11.6 Å². The third-order valence-corrected chi connectivity index (χ3v) is 3.11. The molecule has 3 nitrogen and oxygen atoms in total. The highest BCUT2D eigenvalue weighted by Crippen LogP contribution is 2.25. The predicted octanol–water partition coefficient (Wildman–Crippen LogP) is 4.19. The molecule has 0 radical (unpaired) electrons. The van der Waals surface area contributed by atoms with Crippen molar-refractivity contribution in [2.75, 3.05) is 11.9 Å². The van der Waals surface area contributed by atoms with Gasteiger partial charge < -0.3 is 5.32 Å². The van der Waals surface area contributed by atoms with Crippen LogP contribution in [0.4, 0.5) is 10.3 Å². The Morgan fingerprint density at radius 3 is 2.89 bits per heavy atom. The minimum absolute atomic E-state index is 0.342. The monoisotopic (exact) mass is 281 g/mol. The molecule has 0 fully saturated rings. The van der Waals surface area contributed by atoms with E-state index >= 15 is 0 Å². The van der Waals surface area contributed by atoms with E-state index in [-0.39, 0.29) is 5.82 Å². The molecule has 0 aliphatic carbocycles. The third kappa shape index (κ3) is 3.26. The fourth-order valence-corrected chi connectivity index (χ4v) is 2.12. The molecule has 102 valence electrons. The van der Waals surface area contributed by atoms with E-state index < -0.39 is 0 Å². The van der Waals surface area contributed by atoms with E-state index in [1.165, 1.54) is 12.1 Å². The zero-order valence-corrected chi connectivity index (χ0v) is 11.8. The van der Waals surface area contributed by atoms with E-state index in [1.54, 1.807) is 6.07 Å². The zero-order valence-electron chi connectivity index (χ0n) is 11.1. The van der Waals surface area contributed by atoms with E-state index in [2.05, 4.69) is 17.2 Å². The average Bonchev–Trinajstić information content (AvgIpc) is 2.71. The molecule has 2 aromatic rings. The van der Waals surface area contributed by atoms with Gasteiger partial charge in [-0.2, -0.15) is 0 Å². The first-order valence-corrected chi connectivity index (χ1v) is 6.75. The smallest absolute Gasteiger partial charge is 0.207 e. The number of imidazole rings is 1. The van der Waals surface area contributed by atoms with Gasteiger partial charge in [0, 0.05) is 12.7 Å². The lowest BCUT2D eigenvalue weighted by atomic mass is 10.3. The SMILES string of the molecule is CCCCNc1nc(C)cn1-c1ccc(F)cc1Cl. The molecule has 0 amide bonds. The normalized spacial score (nSPS) is 10.7. The summed E-state index contributed by atoms with van der Waals surface area (Å²) in [4.78, 5) is 4.42. The van der Waals surface area contributed by atoms with Crippen LogP contribution in [-0.2, 0) is 0 Å². The Labute approximate surface area is 117 Å². The lowest BCUT2D eigenvalue weighted by Crippen LogP contribution is -2.07. The number of hydrogen-bond acceptors (Lipinski definition) is 2. The maximum Gasteiger partial charge on any atom is 0.207 e. The molecule has 0 aliphatic rings. The van der Waals surface area contributed by atoms with Gasteiger partial charge in [-0.25, -0.2) is 9.37 Å². The Bertz CT molecular complexity index is 566.